The van der Waals surface area contributed by atoms with E-state index < -0.39 is 5.41 Å². The highest BCUT2D eigenvalue weighted by molar-refractivity contribution is 6.01. The zero-order valence-corrected chi connectivity index (χ0v) is 17.8. The van der Waals surface area contributed by atoms with Gasteiger partial charge in [0.15, 0.2) is 0 Å². The van der Waals surface area contributed by atoms with Gasteiger partial charge in [-0.3, -0.25) is 9.59 Å². The lowest BCUT2D eigenvalue weighted by Gasteiger charge is -2.55. The highest BCUT2D eigenvalue weighted by Gasteiger charge is 2.54. The van der Waals surface area contributed by atoms with Crippen LogP contribution in [0.25, 0.3) is 0 Å². The summed E-state index contributed by atoms with van der Waals surface area (Å²) in [6.45, 7) is 6.74. The van der Waals surface area contributed by atoms with Gasteiger partial charge in [-0.05, 0) is 95.2 Å². The quantitative estimate of drug-likeness (QED) is 0.811. The molecule has 0 radical (unpaired) electrons. The number of fused-ring (bicyclic) bond motifs is 1. The number of ether oxygens (including phenoxy) is 1. The summed E-state index contributed by atoms with van der Waals surface area (Å²) in [5.74, 6) is 3.16. The summed E-state index contributed by atoms with van der Waals surface area (Å²) in [5, 5.41) is 3.22. The number of hydrogen-bond acceptors (Lipinski definition) is 3. The van der Waals surface area contributed by atoms with Crippen molar-refractivity contribution in [1.29, 1.82) is 0 Å². The Morgan fingerprint density at radius 3 is 2.34 bits per heavy atom. The number of carbonyl (C=O) groups is 2. The van der Waals surface area contributed by atoms with Gasteiger partial charge < -0.3 is 15.0 Å². The van der Waals surface area contributed by atoms with E-state index >= 15 is 0 Å². The Hall–Kier alpha value is -2.04. The first-order chi connectivity index (χ1) is 13.8. The van der Waals surface area contributed by atoms with Gasteiger partial charge >= 0.3 is 0 Å². The summed E-state index contributed by atoms with van der Waals surface area (Å²) in [5.41, 5.74) is 0.767. The highest BCUT2D eigenvalue weighted by atomic mass is 16.5. The number of amides is 2. The van der Waals surface area contributed by atoms with Crippen LogP contribution in [0.4, 0.5) is 11.4 Å². The Bertz CT molecular complexity index is 824. The van der Waals surface area contributed by atoms with Crippen LogP contribution in [0.5, 0.6) is 5.75 Å². The van der Waals surface area contributed by atoms with Crippen LogP contribution >= 0.6 is 0 Å². The molecule has 1 heterocycles. The molecule has 0 atom stereocenters. The Balaban J connectivity index is 1.41. The van der Waals surface area contributed by atoms with E-state index in [-0.39, 0.29) is 17.2 Å². The standard InChI is InChI=1S/C24H32N2O3/c1-4-26-19-10-18(5-6-20(19)29-14-23(2,3)22(26)28)25-21(27)24-11-15-7-16(12-24)9-17(8-15)13-24/h5-6,10,15-17H,4,7-9,11-14H2,1-3H3,(H,25,27). The molecule has 29 heavy (non-hydrogen) atoms. The third-order valence-corrected chi connectivity index (χ3v) is 7.76. The van der Waals surface area contributed by atoms with Crippen LogP contribution in [0.2, 0.25) is 0 Å². The van der Waals surface area contributed by atoms with Crippen LogP contribution in [-0.4, -0.2) is 25.0 Å². The largest absolute Gasteiger partial charge is 0.490 e. The van der Waals surface area contributed by atoms with Crippen molar-refractivity contribution in [2.24, 2.45) is 28.6 Å². The number of hydrogen-bond donors (Lipinski definition) is 1. The maximum absolute atomic E-state index is 13.4. The predicted molar refractivity (Wildman–Crippen MR) is 113 cm³/mol. The van der Waals surface area contributed by atoms with Crippen molar-refractivity contribution in [3.8, 4) is 5.75 Å². The fourth-order valence-electron chi connectivity index (χ4n) is 6.69. The van der Waals surface area contributed by atoms with Gasteiger partial charge in [0.25, 0.3) is 0 Å². The van der Waals surface area contributed by atoms with Gasteiger partial charge in [0.1, 0.15) is 12.4 Å². The third-order valence-electron chi connectivity index (χ3n) is 7.76. The Labute approximate surface area is 173 Å². The molecule has 5 nitrogen and oxygen atoms in total. The van der Waals surface area contributed by atoms with Gasteiger partial charge in [-0.1, -0.05) is 0 Å². The Morgan fingerprint density at radius 2 is 1.76 bits per heavy atom. The molecule has 5 heteroatoms. The average molecular weight is 397 g/mol. The van der Waals surface area contributed by atoms with Gasteiger partial charge in [-0.2, -0.15) is 0 Å². The smallest absolute Gasteiger partial charge is 0.236 e. The molecule has 4 saturated carbocycles. The summed E-state index contributed by atoms with van der Waals surface area (Å²) >= 11 is 0. The minimum absolute atomic E-state index is 0.0586. The SMILES string of the molecule is CCN1C(=O)C(C)(C)COc2ccc(NC(=O)C34CC5CC(CC(C5)C3)C4)cc21. The maximum atomic E-state index is 13.4. The molecule has 4 fully saturated rings. The molecule has 156 valence electrons. The summed E-state index contributed by atoms with van der Waals surface area (Å²) in [6.07, 6.45) is 7.12. The zero-order valence-electron chi connectivity index (χ0n) is 17.8. The molecule has 0 unspecified atom stereocenters. The maximum Gasteiger partial charge on any atom is 0.236 e. The van der Waals surface area contributed by atoms with E-state index in [1.807, 2.05) is 39.0 Å². The second kappa shape index (κ2) is 6.48. The van der Waals surface area contributed by atoms with Crippen molar-refractivity contribution < 1.29 is 14.3 Å². The molecule has 1 N–H and O–H groups in total. The molecule has 1 aromatic carbocycles. The summed E-state index contributed by atoms with van der Waals surface area (Å²) in [7, 11) is 0. The molecule has 4 aliphatic carbocycles. The molecule has 2 amide bonds. The zero-order chi connectivity index (χ0) is 20.4. The van der Waals surface area contributed by atoms with E-state index in [4.69, 9.17) is 4.74 Å². The first-order valence-electron chi connectivity index (χ1n) is 11.2. The lowest BCUT2D eigenvalue weighted by Crippen LogP contribution is -2.51. The van der Waals surface area contributed by atoms with Gasteiger partial charge in [0.05, 0.1) is 16.5 Å². The van der Waals surface area contributed by atoms with Gasteiger partial charge in [0, 0.05) is 12.2 Å². The van der Waals surface area contributed by atoms with Crippen molar-refractivity contribution >= 4 is 23.2 Å². The van der Waals surface area contributed by atoms with Crippen LogP contribution in [0.1, 0.15) is 59.3 Å². The molecule has 1 aliphatic heterocycles. The van der Waals surface area contributed by atoms with Crippen LogP contribution in [-0.2, 0) is 9.59 Å². The van der Waals surface area contributed by atoms with E-state index in [9.17, 15) is 9.59 Å². The monoisotopic (exact) mass is 396 g/mol. The second-order valence-electron chi connectivity index (χ2n) is 10.6. The fraction of sp³-hybridized carbons (Fsp3) is 0.667. The average Bonchev–Trinajstić information content (AvgIpc) is 2.75. The number of nitrogens with zero attached hydrogens (tertiary/aromatic N) is 1. The number of benzene rings is 1. The number of anilines is 2. The molecule has 6 rings (SSSR count). The molecule has 0 spiro atoms. The second-order valence-corrected chi connectivity index (χ2v) is 10.6. The molecule has 0 saturated heterocycles. The van der Waals surface area contributed by atoms with Crippen LogP contribution in [0.15, 0.2) is 18.2 Å². The number of carbonyl (C=O) groups excluding carboxylic acids is 2. The number of rotatable bonds is 3. The van der Waals surface area contributed by atoms with Gasteiger partial charge in [0.2, 0.25) is 11.8 Å². The molecule has 4 bridgehead atoms. The Kier molecular flexibility index (Phi) is 4.24. The van der Waals surface area contributed by atoms with E-state index in [1.165, 1.54) is 19.3 Å². The van der Waals surface area contributed by atoms with E-state index in [1.54, 1.807) is 4.90 Å². The lowest BCUT2D eigenvalue weighted by atomic mass is 9.49. The highest BCUT2D eigenvalue weighted by Crippen LogP contribution is 2.60. The number of nitrogens with one attached hydrogen (secondary N) is 1. The van der Waals surface area contributed by atoms with Gasteiger partial charge in [-0.15, -0.1) is 0 Å². The first kappa shape index (κ1) is 19.0. The van der Waals surface area contributed by atoms with E-state index in [2.05, 4.69) is 5.32 Å². The third kappa shape index (κ3) is 3.04. The van der Waals surface area contributed by atoms with Crippen molar-refractivity contribution in [2.45, 2.75) is 59.3 Å². The van der Waals surface area contributed by atoms with Crippen molar-refractivity contribution in [1.82, 2.24) is 0 Å². The minimum Gasteiger partial charge on any atom is -0.490 e. The Morgan fingerprint density at radius 1 is 1.14 bits per heavy atom. The first-order valence-corrected chi connectivity index (χ1v) is 11.2. The lowest BCUT2D eigenvalue weighted by molar-refractivity contribution is -0.140. The van der Waals surface area contributed by atoms with Crippen molar-refractivity contribution in [2.75, 3.05) is 23.4 Å². The molecule has 0 aromatic heterocycles. The van der Waals surface area contributed by atoms with Crippen molar-refractivity contribution in [3.63, 3.8) is 0 Å². The summed E-state index contributed by atoms with van der Waals surface area (Å²) in [4.78, 5) is 28.2. The van der Waals surface area contributed by atoms with Crippen molar-refractivity contribution in [3.05, 3.63) is 18.2 Å². The predicted octanol–water partition coefficient (Wildman–Crippen LogP) is 4.61. The molecular formula is C24H32N2O3. The van der Waals surface area contributed by atoms with Crippen LogP contribution in [0, 0.1) is 28.6 Å². The van der Waals surface area contributed by atoms with Crippen LogP contribution < -0.4 is 15.0 Å². The molecular weight excluding hydrogens is 364 g/mol. The fourth-order valence-corrected chi connectivity index (χ4v) is 6.69. The topological polar surface area (TPSA) is 58.6 Å². The van der Waals surface area contributed by atoms with Gasteiger partial charge in [-0.25, -0.2) is 0 Å². The normalized spacial score (nSPS) is 34.4. The van der Waals surface area contributed by atoms with Crippen LogP contribution in [0.3, 0.4) is 0 Å². The summed E-state index contributed by atoms with van der Waals surface area (Å²) < 4.78 is 5.95. The minimum atomic E-state index is -0.572. The summed E-state index contributed by atoms with van der Waals surface area (Å²) in [6, 6.07) is 5.71. The van der Waals surface area contributed by atoms with E-state index in [0.717, 1.165) is 48.4 Å². The molecule has 1 aromatic rings. The molecule has 5 aliphatic rings. The van der Waals surface area contributed by atoms with E-state index in [0.29, 0.717) is 18.9 Å².